The summed E-state index contributed by atoms with van der Waals surface area (Å²) in [4.78, 5) is 14.2. The largest absolute Gasteiger partial charge is 0.468 e. The molecule has 106 valence electrons. The van der Waals surface area contributed by atoms with Gasteiger partial charge in [0.05, 0.1) is 7.11 Å². The van der Waals surface area contributed by atoms with Crippen molar-refractivity contribution >= 4 is 5.97 Å². The average molecular weight is 256 g/mol. The van der Waals surface area contributed by atoms with Crippen LogP contribution in [0.4, 0.5) is 0 Å². The van der Waals surface area contributed by atoms with Gasteiger partial charge in [0.15, 0.2) is 0 Å². The number of rotatable bonds is 5. The first-order chi connectivity index (χ1) is 8.55. The van der Waals surface area contributed by atoms with E-state index in [0.717, 1.165) is 25.6 Å². The summed E-state index contributed by atoms with van der Waals surface area (Å²) in [5.41, 5.74) is -0.596. The quantitative estimate of drug-likeness (QED) is 0.760. The first kappa shape index (κ1) is 15.4. The van der Waals surface area contributed by atoms with Crippen molar-refractivity contribution in [2.24, 2.45) is 5.92 Å². The van der Waals surface area contributed by atoms with E-state index in [-0.39, 0.29) is 5.97 Å². The van der Waals surface area contributed by atoms with Gasteiger partial charge in [-0.15, -0.1) is 0 Å². The van der Waals surface area contributed by atoms with Crippen LogP contribution >= 0.6 is 0 Å². The molecule has 0 aliphatic carbocycles. The van der Waals surface area contributed by atoms with Gasteiger partial charge in [-0.2, -0.15) is 0 Å². The zero-order valence-electron chi connectivity index (χ0n) is 12.3. The van der Waals surface area contributed by atoms with Crippen LogP contribution in [-0.4, -0.2) is 50.2 Å². The zero-order valence-corrected chi connectivity index (χ0v) is 12.3. The predicted octanol–water partition coefficient (Wildman–Crippen LogP) is 1.65. The highest BCUT2D eigenvalue weighted by Gasteiger charge is 2.35. The van der Waals surface area contributed by atoms with Crippen LogP contribution in [0, 0.1) is 5.92 Å². The Morgan fingerprint density at radius 2 is 2.17 bits per heavy atom. The van der Waals surface area contributed by atoms with E-state index in [4.69, 9.17) is 4.74 Å². The van der Waals surface area contributed by atoms with Crippen LogP contribution in [-0.2, 0) is 9.53 Å². The molecule has 1 heterocycles. The molecule has 1 saturated heterocycles. The van der Waals surface area contributed by atoms with E-state index >= 15 is 0 Å². The minimum atomic E-state index is -0.596. The smallest absolute Gasteiger partial charge is 0.327 e. The normalized spacial score (nSPS) is 25.2. The van der Waals surface area contributed by atoms with Crippen LogP contribution in [0.5, 0.6) is 0 Å². The Hall–Kier alpha value is -0.610. The monoisotopic (exact) mass is 256 g/mol. The highest BCUT2D eigenvalue weighted by atomic mass is 16.5. The maximum atomic E-state index is 11.8. The average Bonchev–Trinajstić information content (AvgIpc) is 2.62. The fraction of sp³-hybridized carbons (Fsp3) is 0.929. The Bertz CT molecular complexity index is 271. The van der Waals surface area contributed by atoms with Crippen molar-refractivity contribution in [1.82, 2.24) is 10.2 Å². The Morgan fingerprint density at radius 1 is 1.44 bits per heavy atom. The first-order valence-electron chi connectivity index (χ1n) is 7.05. The fourth-order valence-corrected chi connectivity index (χ4v) is 2.71. The van der Waals surface area contributed by atoms with Gasteiger partial charge in [0, 0.05) is 6.54 Å². The molecule has 0 radical (unpaired) electrons. The van der Waals surface area contributed by atoms with E-state index in [2.05, 4.69) is 17.1 Å². The number of carbonyl (C=O) groups is 1. The summed E-state index contributed by atoms with van der Waals surface area (Å²) < 4.78 is 4.89. The summed E-state index contributed by atoms with van der Waals surface area (Å²) in [5, 5.41) is 3.11. The van der Waals surface area contributed by atoms with Gasteiger partial charge in [-0.25, -0.2) is 0 Å². The summed E-state index contributed by atoms with van der Waals surface area (Å²) >= 11 is 0. The number of carbonyl (C=O) groups excluding carboxylic acids is 1. The third-order valence-corrected chi connectivity index (χ3v) is 4.25. The van der Waals surface area contributed by atoms with Crippen molar-refractivity contribution < 1.29 is 9.53 Å². The summed E-state index contributed by atoms with van der Waals surface area (Å²) in [6.07, 6.45) is 5.08. The Kier molecular flexibility index (Phi) is 6.09. The van der Waals surface area contributed by atoms with Gasteiger partial charge in [0.1, 0.15) is 5.54 Å². The van der Waals surface area contributed by atoms with Crippen molar-refractivity contribution in [2.75, 3.05) is 33.8 Å². The van der Waals surface area contributed by atoms with Crippen molar-refractivity contribution in [2.45, 2.75) is 45.1 Å². The fourth-order valence-electron chi connectivity index (χ4n) is 2.71. The van der Waals surface area contributed by atoms with Gasteiger partial charge in [0.25, 0.3) is 0 Å². The molecule has 1 aliphatic heterocycles. The Morgan fingerprint density at radius 3 is 2.72 bits per heavy atom. The molecule has 0 aromatic rings. The molecule has 2 atom stereocenters. The molecule has 0 saturated carbocycles. The van der Waals surface area contributed by atoms with E-state index < -0.39 is 5.54 Å². The predicted molar refractivity (Wildman–Crippen MR) is 73.6 cm³/mol. The molecule has 0 spiro atoms. The van der Waals surface area contributed by atoms with Gasteiger partial charge in [-0.3, -0.25) is 4.79 Å². The topological polar surface area (TPSA) is 41.6 Å². The number of methoxy groups -OCH3 is 1. The maximum absolute atomic E-state index is 11.8. The maximum Gasteiger partial charge on any atom is 0.327 e. The van der Waals surface area contributed by atoms with Gasteiger partial charge in [0.2, 0.25) is 0 Å². The number of likely N-dealkylation sites (N-methyl/N-ethyl adjacent to an activating group) is 1. The molecule has 2 unspecified atom stereocenters. The van der Waals surface area contributed by atoms with E-state index in [9.17, 15) is 4.79 Å². The van der Waals surface area contributed by atoms with Crippen LogP contribution in [0.15, 0.2) is 0 Å². The lowest BCUT2D eigenvalue weighted by Gasteiger charge is -2.32. The molecule has 0 aromatic carbocycles. The molecule has 1 N–H and O–H groups in total. The highest BCUT2D eigenvalue weighted by molar-refractivity contribution is 5.80. The van der Waals surface area contributed by atoms with E-state index in [0.29, 0.717) is 0 Å². The van der Waals surface area contributed by atoms with Crippen LogP contribution in [0.25, 0.3) is 0 Å². The number of esters is 1. The van der Waals surface area contributed by atoms with Crippen molar-refractivity contribution in [3.8, 4) is 0 Å². The number of nitrogens with zero attached hydrogens (tertiary/aromatic N) is 1. The summed E-state index contributed by atoms with van der Waals surface area (Å²) in [6.45, 7) is 7.09. The summed E-state index contributed by atoms with van der Waals surface area (Å²) in [6, 6.07) is 0. The number of ether oxygens (including phenoxy) is 1. The molecule has 4 heteroatoms. The molecule has 1 fully saturated rings. The number of nitrogens with one attached hydrogen (secondary N) is 1. The molecule has 0 aromatic heterocycles. The van der Waals surface area contributed by atoms with Crippen LogP contribution < -0.4 is 5.32 Å². The number of likely N-dealkylation sites (tertiary alicyclic amines) is 1. The third kappa shape index (κ3) is 3.95. The molecule has 1 aliphatic rings. The summed E-state index contributed by atoms with van der Waals surface area (Å²) in [7, 11) is 3.27. The second kappa shape index (κ2) is 7.10. The molecule has 18 heavy (non-hydrogen) atoms. The van der Waals surface area contributed by atoms with Crippen LogP contribution in [0.2, 0.25) is 0 Å². The second-order valence-electron chi connectivity index (χ2n) is 5.56. The molecular formula is C14H28N2O2. The molecule has 1 rings (SSSR count). The Balaban J connectivity index is 2.57. The zero-order chi connectivity index (χ0) is 13.6. The van der Waals surface area contributed by atoms with Crippen molar-refractivity contribution in [1.29, 1.82) is 0 Å². The van der Waals surface area contributed by atoms with Crippen molar-refractivity contribution in [3.63, 3.8) is 0 Å². The van der Waals surface area contributed by atoms with Crippen LogP contribution in [0.1, 0.15) is 39.5 Å². The Labute approximate surface area is 111 Å². The second-order valence-corrected chi connectivity index (χ2v) is 5.56. The highest BCUT2D eigenvalue weighted by Crippen LogP contribution is 2.21. The first-order valence-corrected chi connectivity index (χ1v) is 7.05. The summed E-state index contributed by atoms with van der Waals surface area (Å²) in [5.74, 6) is 0.676. The lowest BCUT2D eigenvalue weighted by atomic mass is 9.98. The van der Waals surface area contributed by atoms with Gasteiger partial charge >= 0.3 is 5.97 Å². The van der Waals surface area contributed by atoms with Crippen LogP contribution in [0.3, 0.4) is 0 Å². The standard InChI is InChI=1S/C14H28N2O2/c1-5-12-7-6-9-16(10-8-12)11-14(2,15-3)13(17)18-4/h12,15H,5-11H2,1-4H3. The van der Waals surface area contributed by atoms with Gasteiger partial charge in [-0.1, -0.05) is 13.3 Å². The van der Waals surface area contributed by atoms with Gasteiger partial charge < -0.3 is 15.0 Å². The van der Waals surface area contributed by atoms with E-state index in [1.54, 1.807) is 0 Å². The minimum absolute atomic E-state index is 0.179. The molecule has 4 nitrogen and oxygen atoms in total. The molecule has 0 bridgehead atoms. The minimum Gasteiger partial charge on any atom is -0.468 e. The third-order valence-electron chi connectivity index (χ3n) is 4.25. The van der Waals surface area contributed by atoms with E-state index in [1.807, 2.05) is 14.0 Å². The molecule has 0 amide bonds. The number of hydrogen-bond acceptors (Lipinski definition) is 4. The molecular weight excluding hydrogens is 228 g/mol. The van der Waals surface area contributed by atoms with E-state index in [1.165, 1.54) is 32.8 Å². The SMILES string of the molecule is CCC1CCCN(CC(C)(NC)C(=O)OC)CC1. The lowest BCUT2D eigenvalue weighted by Crippen LogP contribution is -2.56. The lowest BCUT2D eigenvalue weighted by molar-refractivity contribution is -0.148. The number of hydrogen-bond donors (Lipinski definition) is 1. The van der Waals surface area contributed by atoms with Crippen molar-refractivity contribution in [3.05, 3.63) is 0 Å². The van der Waals surface area contributed by atoms with Gasteiger partial charge in [-0.05, 0) is 52.2 Å².